The van der Waals surface area contributed by atoms with Gasteiger partial charge in [0.2, 0.25) is 5.95 Å². The van der Waals surface area contributed by atoms with E-state index in [4.69, 9.17) is 5.11 Å². The van der Waals surface area contributed by atoms with Crippen LogP contribution in [0.1, 0.15) is 12.6 Å². The van der Waals surface area contributed by atoms with E-state index in [9.17, 15) is 13.2 Å². The second kappa shape index (κ2) is 6.50. The fourth-order valence-corrected chi connectivity index (χ4v) is 1.18. The molecule has 1 rings (SSSR count). The van der Waals surface area contributed by atoms with E-state index in [2.05, 4.69) is 20.6 Å². The van der Waals surface area contributed by atoms with Crippen LogP contribution < -0.4 is 10.6 Å². The maximum Gasteiger partial charge on any atom is 0.433 e. The van der Waals surface area contributed by atoms with E-state index in [-0.39, 0.29) is 5.95 Å². The summed E-state index contributed by atoms with van der Waals surface area (Å²) in [6.07, 6.45) is -3.87. The Balaban J connectivity index is 2.39. The summed E-state index contributed by atoms with van der Waals surface area (Å²) in [4.78, 5) is 7.04. The van der Waals surface area contributed by atoms with Crippen LogP contribution in [0, 0.1) is 0 Å². The molecule has 102 valence electrons. The monoisotopic (exact) mass is 264 g/mol. The average molecular weight is 264 g/mol. The van der Waals surface area contributed by atoms with Gasteiger partial charge in [-0.1, -0.05) is 0 Å². The molecule has 0 aliphatic rings. The summed E-state index contributed by atoms with van der Waals surface area (Å²) in [5.41, 5.74) is -0.975. The summed E-state index contributed by atoms with van der Waals surface area (Å²) in [6, 6.07) is 0.816. The van der Waals surface area contributed by atoms with Crippen LogP contribution in [-0.2, 0) is 6.18 Å². The molecule has 0 radical (unpaired) electrons. The molecule has 0 bridgehead atoms. The highest BCUT2D eigenvalue weighted by atomic mass is 19.4. The molecule has 0 amide bonds. The van der Waals surface area contributed by atoms with Crippen molar-refractivity contribution in [1.82, 2.24) is 15.3 Å². The molecule has 0 fully saturated rings. The van der Waals surface area contributed by atoms with E-state index < -0.39 is 18.0 Å². The molecule has 1 aromatic rings. The third-order valence-electron chi connectivity index (χ3n) is 1.97. The number of anilines is 1. The largest absolute Gasteiger partial charge is 0.433 e. The minimum Gasteiger partial charge on any atom is -0.392 e. The Bertz CT molecular complexity index is 370. The molecule has 1 unspecified atom stereocenters. The lowest BCUT2D eigenvalue weighted by Gasteiger charge is -2.09. The summed E-state index contributed by atoms with van der Waals surface area (Å²) in [5, 5.41) is 14.5. The zero-order valence-electron chi connectivity index (χ0n) is 9.83. The Kier molecular flexibility index (Phi) is 5.29. The lowest BCUT2D eigenvalue weighted by molar-refractivity contribution is -0.141. The van der Waals surface area contributed by atoms with Crippen LogP contribution in [0.3, 0.4) is 0 Å². The maximum atomic E-state index is 12.3. The standard InChI is InChI=1S/C10H15F3N4O/c1-7(18)6-14-4-5-16-9-15-3-2-8(17-9)10(11,12)13/h2-3,7,14,18H,4-6H2,1H3,(H,15,16,17). The predicted molar refractivity (Wildman–Crippen MR) is 60.1 cm³/mol. The quantitative estimate of drug-likeness (QED) is 0.665. The summed E-state index contributed by atoms with van der Waals surface area (Å²) in [6.45, 7) is 2.92. The Morgan fingerprint density at radius 2 is 2.11 bits per heavy atom. The molecule has 1 atom stereocenters. The first-order chi connectivity index (χ1) is 8.39. The average Bonchev–Trinajstić information content (AvgIpc) is 2.27. The van der Waals surface area contributed by atoms with Crippen molar-refractivity contribution in [2.24, 2.45) is 0 Å². The highest BCUT2D eigenvalue weighted by molar-refractivity contribution is 5.25. The Labute approximate surface area is 102 Å². The van der Waals surface area contributed by atoms with Crippen molar-refractivity contribution in [1.29, 1.82) is 0 Å². The number of nitrogens with zero attached hydrogens (tertiary/aromatic N) is 2. The summed E-state index contributed by atoms with van der Waals surface area (Å²) in [5.74, 6) is -0.0660. The van der Waals surface area contributed by atoms with Gasteiger partial charge < -0.3 is 15.7 Å². The van der Waals surface area contributed by atoms with Crippen LogP contribution in [0.5, 0.6) is 0 Å². The first kappa shape index (κ1) is 14.7. The second-order valence-corrected chi connectivity index (χ2v) is 3.74. The van der Waals surface area contributed by atoms with E-state index in [1.54, 1.807) is 6.92 Å². The minimum absolute atomic E-state index is 0.0660. The fourth-order valence-electron chi connectivity index (χ4n) is 1.18. The minimum atomic E-state index is -4.47. The molecule has 0 aliphatic carbocycles. The van der Waals surface area contributed by atoms with Gasteiger partial charge >= 0.3 is 6.18 Å². The Morgan fingerprint density at radius 1 is 1.39 bits per heavy atom. The van der Waals surface area contributed by atoms with Gasteiger partial charge in [0, 0.05) is 25.8 Å². The summed E-state index contributed by atoms with van der Waals surface area (Å²) < 4.78 is 37.0. The molecule has 0 spiro atoms. The SMILES string of the molecule is CC(O)CNCCNc1nccc(C(F)(F)F)n1. The summed E-state index contributed by atoms with van der Waals surface area (Å²) in [7, 11) is 0. The molecule has 18 heavy (non-hydrogen) atoms. The molecule has 5 nitrogen and oxygen atoms in total. The molecule has 1 aromatic heterocycles. The number of halogens is 3. The smallest absolute Gasteiger partial charge is 0.392 e. The lowest BCUT2D eigenvalue weighted by Crippen LogP contribution is -2.29. The predicted octanol–water partition coefficient (Wildman–Crippen LogP) is 0.878. The van der Waals surface area contributed by atoms with Crippen molar-refractivity contribution >= 4 is 5.95 Å². The first-order valence-corrected chi connectivity index (χ1v) is 5.42. The van der Waals surface area contributed by atoms with Crippen LogP contribution in [0.15, 0.2) is 12.3 Å². The zero-order valence-corrected chi connectivity index (χ0v) is 9.83. The molecule has 0 saturated heterocycles. The molecule has 0 aliphatic heterocycles. The number of nitrogens with one attached hydrogen (secondary N) is 2. The fraction of sp³-hybridized carbons (Fsp3) is 0.600. The molecule has 0 aromatic carbocycles. The molecular weight excluding hydrogens is 249 g/mol. The van der Waals surface area contributed by atoms with Gasteiger partial charge in [-0.2, -0.15) is 13.2 Å². The van der Waals surface area contributed by atoms with E-state index in [0.717, 1.165) is 12.3 Å². The number of hydrogen-bond donors (Lipinski definition) is 3. The lowest BCUT2D eigenvalue weighted by atomic mass is 10.4. The molecule has 0 saturated carbocycles. The third-order valence-corrected chi connectivity index (χ3v) is 1.97. The van der Waals surface area contributed by atoms with Gasteiger partial charge in [0.25, 0.3) is 0 Å². The topological polar surface area (TPSA) is 70.1 Å². The van der Waals surface area contributed by atoms with Crippen LogP contribution >= 0.6 is 0 Å². The van der Waals surface area contributed by atoms with Gasteiger partial charge in [0.05, 0.1) is 6.10 Å². The highest BCUT2D eigenvalue weighted by Gasteiger charge is 2.32. The Hall–Kier alpha value is -1.41. The summed E-state index contributed by atoms with van der Waals surface area (Å²) >= 11 is 0. The Morgan fingerprint density at radius 3 is 2.72 bits per heavy atom. The highest BCUT2D eigenvalue weighted by Crippen LogP contribution is 2.27. The van der Waals surface area contributed by atoms with E-state index in [1.807, 2.05) is 0 Å². The normalized spacial score (nSPS) is 13.4. The molecule has 8 heteroatoms. The van der Waals surface area contributed by atoms with E-state index in [1.165, 1.54) is 0 Å². The van der Waals surface area contributed by atoms with Crippen molar-refractivity contribution in [3.05, 3.63) is 18.0 Å². The molecule has 1 heterocycles. The van der Waals surface area contributed by atoms with Crippen molar-refractivity contribution in [3.63, 3.8) is 0 Å². The van der Waals surface area contributed by atoms with Gasteiger partial charge in [0.15, 0.2) is 0 Å². The third kappa shape index (κ3) is 5.28. The number of rotatable bonds is 6. The van der Waals surface area contributed by atoms with Crippen molar-refractivity contribution < 1.29 is 18.3 Å². The van der Waals surface area contributed by atoms with Crippen LogP contribution in [0.25, 0.3) is 0 Å². The van der Waals surface area contributed by atoms with Gasteiger partial charge in [-0.05, 0) is 13.0 Å². The van der Waals surface area contributed by atoms with Gasteiger partial charge in [-0.15, -0.1) is 0 Å². The van der Waals surface area contributed by atoms with Crippen molar-refractivity contribution in [3.8, 4) is 0 Å². The number of alkyl halides is 3. The zero-order chi connectivity index (χ0) is 13.6. The van der Waals surface area contributed by atoms with Crippen LogP contribution in [-0.4, -0.2) is 40.8 Å². The number of aliphatic hydroxyl groups is 1. The molecular formula is C10H15F3N4O. The second-order valence-electron chi connectivity index (χ2n) is 3.74. The van der Waals surface area contributed by atoms with Crippen molar-refractivity contribution in [2.75, 3.05) is 25.0 Å². The van der Waals surface area contributed by atoms with Gasteiger partial charge in [0.1, 0.15) is 5.69 Å². The maximum absolute atomic E-state index is 12.3. The first-order valence-electron chi connectivity index (χ1n) is 5.42. The van der Waals surface area contributed by atoms with Gasteiger partial charge in [-0.3, -0.25) is 0 Å². The number of hydrogen-bond acceptors (Lipinski definition) is 5. The number of aromatic nitrogens is 2. The van der Waals surface area contributed by atoms with Crippen LogP contribution in [0.2, 0.25) is 0 Å². The van der Waals surface area contributed by atoms with Crippen LogP contribution in [0.4, 0.5) is 19.1 Å². The molecule has 3 N–H and O–H groups in total. The number of aliphatic hydroxyl groups excluding tert-OH is 1. The van der Waals surface area contributed by atoms with E-state index in [0.29, 0.717) is 19.6 Å². The van der Waals surface area contributed by atoms with Gasteiger partial charge in [-0.25, -0.2) is 9.97 Å². The van der Waals surface area contributed by atoms with E-state index >= 15 is 0 Å². The van der Waals surface area contributed by atoms with Crippen molar-refractivity contribution in [2.45, 2.75) is 19.2 Å².